The maximum absolute atomic E-state index is 13.4. The number of carbonyl (C=O) groups is 4. The molecule has 2 N–H and O–H groups in total. The molecule has 12 heteroatoms. The number of aliphatic hydroxyl groups is 1. The first-order chi connectivity index (χ1) is 17.4. The van der Waals surface area contributed by atoms with Gasteiger partial charge < -0.3 is 29.4 Å². The van der Waals surface area contributed by atoms with Gasteiger partial charge in [-0.1, -0.05) is 24.3 Å². The number of rotatable bonds is 6. The number of nitrogens with one attached hydrogen (secondary N) is 1. The van der Waals surface area contributed by atoms with Crippen molar-refractivity contribution in [3.63, 3.8) is 0 Å². The normalized spacial score (nSPS) is 30.0. The second-order valence-corrected chi connectivity index (χ2v) is 9.34. The van der Waals surface area contributed by atoms with Crippen molar-refractivity contribution in [2.45, 2.75) is 82.6 Å². The van der Waals surface area contributed by atoms with Crippen LogP contribution in [0.1, 0.15) is 60.2 Å². The molecule has 1 aromatic rings. The summed E-state index contributed by atoms with van der Waals surface area (Å²) in [6.45, 7) is 2.80. The molecule has 0 saturated carbocycles. The van der Waals surface area contributed by atoms with E-state index in [0.29, 0.717) is 0 Å². The van der Waals surface area contributed by atoms with Gasteiger partial charge in [0.1, 0.15) is 11.9 Å². The maximum Gasteiger partial charge on any atom is 0.471 e. The Kier molecular flexibility index (Phi) is 7.65. The number of amides is 1. The molecule has 3 aliphatic rings. The highest BCUT2D eigenvalue weighted by atomic mass is 19.4. The number of benzene rings is 1. The molecule has 6 atom stereocenters. The summed E-state index contributed by atoms with van der Waals surface area (Å²) in [5, 5.41) is 12.0. The number of ketones is 3. The minimum atomic E-state index is -5.16. The Morgan fingerprint density at radius 3 is 2.41 bits per heavy atom. The summed E-state index contributed by atoms with van der Waals surface area (Å²) < 4.78 is 55.8. The van der Waals surface area contributed by atoms with Crippen molar-refractivity contribution in [2.75, 3.05) is 0 Å². The summed E-state index contributed by atoms with van der Waals surface area (Å²) in [5.41, 5.74) is 0.535. The average molecular weight is 525 g/mol. The number of halogens is 3. The lowest BCUT2D eigenvalue weighted by Gasteiger charge is -2.41. The fourth-order valence-electron chi connectivity index (χ4n) is 4.72. The Labute approximate surface area is 209 Å². The molecule has 0 bridgehead atoms. The van der Waals surface area contributed by atoms with Gasteiger partial charge in [0.05, 0.1) is 23.8 Å². The van der Waals surface area contributed by atoms with Crippen LogP contribution in [0.3, 0.4) is 0 Å². The van der Waals surface area contributed by atoms with E-state index in [1.807, 2.05) is 0 Å². The van der Waals surface area contributed by atoms with Crippen molar-refractivity contribution in [3.8, 4) is 0 Å². The third kappa shape index (κ3) is 5.66. The maximum atomic E-state index is 13.4. The summed E-state index contributed by atoms with van der Waals surface area (Å²) in [6.07, 6.45) is -10.9. The van der Waals surface area contributed by atoms with Crippen LogP contribution in [0.2, 0.25) is 0 Å². The van der Waals surface area contributed by atoms with Crippen LogP contribution < -0.4 is 5.32 Å². The van der Waals surface area contributed by atoms with E-state index in [2.05, 4.69) is 0 Å². The van der Waals surface area contributed by atoms with E-state index in [1.54, 1.807) is 17.4 Å². The van der Waals surface area contributed by atoms with Gasteiger partial charge in [0.2, 0.25) is 0 Å². The highest BCUT2D eigenvalue weighted by Gasteiger charge is 2.47. The van der Waals surface area contributed by atoms with Gasteiger partial charge in [-0.25, -0.2) is 0 Å². The SMILES string of the molecule is CC(=O)CC[C@@H]1CC2=C(C(=O)c3ccccc3C2=O)[C@@H](O[C@H]2C[C@H](NC(=O)C(F)(F)F)[C@H](O)[C@H](C)O2)O1. The summed E-state index contributed by atoms with van der Waals surface area (Å²) >= 11 is 0. The molecule has 1 amide bonds. The highest BCUT2D eigenvalue weighted by Crippen LogP contribution is 2.38. The molecule has 2 aliphatic heterocycles. The van der Waals surface area contributed by atoms with Crippen molar-refractivity contribution in [1.29, 1.82) is 0 Å². The van der Waals surface area contributed by atoms with E-state index >= 15 is 0 Å². The standard InChI is InChI=1S/C25H26F3NO8/c1-11(30)7-8-13-9-16-19(22(33)15-6-4-3-5-14(15)21(16)32)23(36-13)37-18-10-17(20(31)12(2)35-18)29-24(34)25(26,27)28/h3-6,12-13,17-18,20,23,31H,7-10H2,1-2H3,(H,29,34)/t12-,13+,17-,18-,20+,23+/m0/s1. The molecule has 1 aromatic carbocycles. The van der Waals surface area contributed by atoms with Crippen LogP contribution in [0.25, 0.3) is 0 Å². The number of hydrogen-bond donors (Lipinski definition) is 2. The lowest BCUT2D eigenvalue weighted by Crippen LogP contribution is -2.58. The fourth-order valence-corrected chi connectivity index (χ4v) is 4.72. The zero-order chi connectivity index (χ0) is 27.1. The van der Waals surface area contributed by atoms with Crippen LogP contribution in [0, 0.1) is 0 Å². The van der Waals surface area contributed by atoms with E-state index in [4.69, 9.17) is 14.2 Å². The van der Waals surface area contributed by atoms with E-state index in [9.17, 15) is 37.5 Å². The van der Waals surface area contributed by atoms with Gasteiger partial charge in [-0.3, -0.25) is 14.4 Å². The molecule has 0 radical (unpaired) electrons. The van der Waals surface area contributed by atoms with Gasteiger partial charge in [-0.05, 0) is 20.3 Å². The number of fused-ring (bicyclic) bond motifs is 1. The number of carbonyl (C=O) groups excluding carboxylic acids is 4. The molecule has 0 unspecified atom stereocenters. The van der Waals surface area contributed by atoms with Crippen LogP contribution in [0.5, 0.6) is 0 Å². The van der Waals surface area contributed by atoms with Gasteiger partial charge in [0, 0.05) is 36.0 Å². The van der Waals surface area contributed by atoms with Crippen molar-refractivity contribution in [2.24, 2.45) is 0 Å². The molecular weight excluding hydrogens is 499 g/mol. The highest BCUT2D eigenvalue weighted by molar-refractivity contribution is 6.27. The first kappa shape index (κ1) is 27.1. The Morgan fingerprint density at radius 2 is 1.78 bits per heavy atom. The third-order valence-corrected chi connectivity index (χ3v) is 6.62. The van der Waals surface area contributed by atoms with E-state index in [1.165, 1.54) is 26.0 Å². The Balaban J connectivity index is 1.61. The van der Waals surface area contributed by atoms with Crippen LogP contribution in [0.4, 0.5) is 13.2 Å². The van der Waals surface area contributed by atoms with E-state index in [-0.39, 0.29) is 59.5 Å². The second kappa shape index (κ2) is 10.4. The quantitative estimate of drug-likeness (QED) is 0.580. The van der Waals surface area contributed by atoms with Crippen molar-refractivity contribution in [3.05, 3.63) is 46.5 Å². The lowest BCUT2D eigenvalue weighted by molar-refractivity contribution is -0.285. The summed E-state index contributed by atoms with van der Waals surface area (Å²) in [7, 11) is 0. The van der Waals surface area contributed by atoms with Crippen LogP contribution in [-0.4, -0.2) is 71.5 Å². The first-order valence-electron chi connectivity index (χ1n) is 11.8. The first-order valence-corrected chi connectivity index (χ1v) is 11.8. The van der Waals surface area contributed by atoms with E-state index < -0.39 is 54.8 Å². The fraction of sp³-hybridized carbons (Fsp3) is 0.520. The largest absolute Gasteiger partial charge is 0.471 e. The predicted octanol–water partition coefficient (Wildman–Crippen LogP) is 2.41. The van der Waals surface area contributed by atoms with Gasteiger partial charge in [-0.2, -0.15) is 13.2 Å². The van der Waals surface area contributed by atoms with Crippen molar-refractivity contribution in [1.82, 2.24) is 5.32 Å². The number of hydrogen-bond acceptors (Lipinski definition) is 8. The Morgan fingerprint density at radius 1 is 1.14 bits per heavy atom. The summed E-state index contributed by atoms with van der Waals surface area (Å²) in [5.74, 6) is -3.19. The number of Topliss-reactive ketones (excluding diaryl/α,β-unsaturated/α-hetero) is 3. The molecule has 1 aliphatic carbocycles. The Hall–Kier alpha value is -2.93. The lowest BCUT2D eigenvalue weighted by atomic mass is 9.80. The minimum Gasteiger partial charge on any atom is -0.388 e. The zero-order valence-electron chi connectivity index (χ0n) is 20.0. The van der Waals surface area contributed by atoms with Gasteiger partial charge in [0.15, 0.2) is 24.1 Å². The van der Waals surface area contributed by atoms with Crippen molar-refractivity contribution < 1.29 is 51.7 Å². The van der Waals surface area contributed by atoms with Gasteiger partial charge in [0.25, 0.3) is 0 Å². The monoisotopic (exact) mass is 525 g/mol. The molecule has 1 fully saturated rings. The molecule has 0 aromatic heterocycles. The summed E-state index contributed by atoms with van der Waals surface area (Å²) in [6, 6.07) is 4.91. The smallest absolute Gasteiger partial charge is 0.388 e. The van der Waals surface area contributed by atoms with Crippen LogP contribution in [0.15, 0.2) is 35.4 Å². The predicted molar refractivity (Wildman–Crippen MR) is 119 cm³/mol. The molecule has 2 heterocycles. The molecule has 37 heavy (non-hydrogen) atoms. The minimum absolute atomic E-state index is 0.0407. The number of aliphatic hydroxyl groups excluding tert-OH is 1. The van der Waals surface area contributed by atoms with Gasteiger partial charge >= 0.3 is 12.1 Å². The second-order valence-electron chi connectivity index (χ2n) is 9.34. The molecule has 0 spiro atoms. The molecular formula is C25H26F3NO8. The molecule has 1 saturated heterocycles. The number of ether oxygens (including phenoxy) is 3. The zero-order valence-corrected chi connectivity index (χ0v) is 20.0. The average Bonchev–Trinajstić information content (AvgIpc) is 2.83. The van der Waals surface area contributed by atoms with Crippen LogP contribution >= 0.6 is 0 Å². The molecule has 4 rings (SSSR count). The van der Waals surface area contributed by atoms with Crippen LogP contribution in [-0.2, 0) is 23.8 Å². The number of alkyl halides is 3. The molecule has 9 nitrogen and oxygen atoms in total. The summed E-state index contributed by atoms with van der Waals surface area (Å²) in [4.78, 5) is 49.6. The van der Waals surface area contributed by atoms with Gasteiger partial charge in [-0.15, -0.1) is 0 Å². The molecule has 200 valence electrons. The third-order valence-electron chi connectivity index (χ3n) is 6.62. The topological polar surface area (TPSA) is 128 Å². The Bertz CT molecular complexity index is 1150. The van der Waals surface area contributed by atoms with Crippen molar-refractivity contribution >= 4 is 23.3 Å². The van der Waals surface area contributed by atoms with E-state index in [0.717, 1.165) is 0 Å².